The van der Waals surface area contributed by atoms with Gasteiger partial charge in [-0.2, -0.15) is 0 Å². The van der Waals surface area contributed by atoms with Gasteiger partial charge in [-0.15, -0.1) is 0 Å². The minimum absolute atomic E-state index is 0.339. The van der Waals surface area contributed by atoms with Crippen LogP contribution >= 0.6 is 11.6 Å². The van der Waals surface area contributed by atoms with Crippen LogP contribution in [0.15, 0.2) is 36.7 Å². The smallest absolute Gasteiger partial charge is 0.122 e. The van der Waals surface area contributed by atoms with Gasteiger partial charge in [-0.3, -0.25) is 4.90 Å². The fourth-order valence-electron chi connectivity index (χ4n) is 2.39. The summed E-state index contributed by atoms with van der Waals surface area (Å²) in [6, 6.07) is 8.40. The van der Waals surface area contributed by atoms with Gasteiger partial charge in [-0.1, -0.05) is 23.7 Å². The monoisotopic (exact) mass is 306 g/mol. The number of rotatable bonds is 7. The summed E-state index contributed by atoms with van der Waals surface area (Å²) in [6.45, 7) is 1.86. The molecule has 0 saturated carbocycles. The Hall–Kier alpha value is -1.36. The van der Waals surface area contributed by atoms with Crippen molar-refractivity contribution in [3.05, 3.63) is 53.1 Å². The van der Waals surface area contributed by atoms with Crippen LogP contribution in [-0.2, 0) is 13.6 Å². The van der Waals surface area contributed by atoms with Crippen LogP contribution in [0.4, 0.5) is 0 Å². The topological polar surface area (TPSA) is 33.1 Å². The molecule has 0 spiro atoms. The Bertz CT molecular complexity index is 550. The van der Waals surface area contributed by atoms with Crippen molar-refractivity contribution >= 4 is 11.6 Å². The van der Waals surface area contributed by atoms with Crippen molar-refractivity contribution in [2.24, 2.45) is 7.05 Å². The average molecular weight is 307 g/mol. The zero-order valence-electron chi connectivity index (χ0n) is 12.9. The Morgan fingerprint density at radius 1 is 1.33 bits per heavy atom. The lowest BCUT2D eigenvalue weighted by molar-refractivity contribution is 0.294. The molecule has 4 nitrogen and oxygen atoms in total. The maximum Gasteiger partial charge on any atom is 0.122 e. The van der Waals surface area contributed by atoms with Crippen LogP contribution in [0.3, 0.4) is 0 Å². The minimum atomic E-state index is 0.339. The molecule has 2 aromatic rings. The largest absolute Gasteiger partial charge is 0.337 e. The van der Waals surface area contributed by atoms with Crippen LogP contribution < -0.4 is 5.32 Å². The summed E-state index contributed by atoms with van der Waals surface area (Å²) in [5.41, 5.74) is 1.27. The average Bonchev–Trinajstić information content (AvgIpc) is 2.87. The van der Waals surface area contributed by atoms with Crippen molar-refractivity contribution in [2.75, 3.05) is 20.6 Å². The zero-order valence-corrected chi connectivity index (χ0v) is 13.6. The maximum absolute atomic E-state index is 5.94. The van der Waals surface area contributed by atoms with Gasteiger partial charge >= 0.3 is 0 Å². The molecule has 2 rings (SSSR count). The van der Waals surface area contributed by atoms with E-state index < -0.39 is 0 Å². The molecule has 0 aliphatic carbocycles. The quantitative estimate of drug-likeness (QED) is 0.854. The van der Waals surface area contributed by atoms with Crippen LogP contribution in [0.1, 0.15) is 23.9 Å². The third kappa shape index (κ3) is 4.56. The summed E-state index contributed by atoms with van der Waals surface area (Å²) in [5.74, 6) is 1.09. The molecule has 0 amide bonds. The normalized spacial score (nSPS) is 12.8. The van der Waals surface area contributed by atoms with Crippen LogP contribution in [0.5, 0.6) is 0 Å². The summed E-state index contributed by atoms with van der Waals surface area (Å²) in [7, 11) is 6.15. The van der Waals surface area contributed by atoms with E-state index in [1.807, 2.05) is 38.6 Å². The molecule has 0 aliphatic heterocycles. The Labute approximate surface area is 131 Å². The Kier molecular flexibility index (Phi) is 5.79. The highest BCUT2D eigenvalue weighted by Crippen LogP contribution is 2.19. The van der Waals surface area contributed by atoms with Crippen molar-refractivity contribution < 1.29 is 0 Å². The summed E-state index contributed by atoms with van der Waals surface area (Å²) >= 11 is 5.94. The number of aromatic nitrogens is 2. The number of halogens is 1. The molecule has 0 radical (unpaired) electrons. The molecule has 5 heteroatoms. The Morgan fingerprint density at radius 3 is 2.62 bits per heavy atom. The van der Waals surface area contributed by atoms with Crippen LogP contribution in [-0.4, -0.2) is 35.1 Å². The maximum atomic E-state index is 5.94. The molecular formula is C16H23ClN4. The van der Waals surface area contributed by atoms with Gasteiger partial charge in [0, 0.05) is 37.1 Å². The number of aryl methyl sites for hydroxylation is 1. The van der Waals surface area contributed by atoms with E-state index >= 15 is 0 Å². The standard InChI is InChI=1S/C16H23ClN4/c1-18-15(13-4-6-14(17)7-5-13)8-10-20(2)12-16-19-9-11-21(16)3/h4-7,9,11,15,18H,8,10,12H2,1-3H3. The van der Waals surface area contributed by atoms with Crippen molar-refractivity contribution in [3.8, 4) is 0 Å². The fraction of sp³-hybridized carbons (Fsp3) is 0.438. The van der Waals surface area contributed by atoms with Crippen molar-refractivity contribution in [3.63, 3.8) is 0 Å². The molecule has 1 atom stereocenters. The number of hydrogen-bond acceptors (Lipinski definition) is 3. The van der Waals surface area contributed by atoms with Crippen LogP contribution in [0.2, 0.25) is 5.02 Å². The molecule has 1 N–H and O–H groups in total. The minimum Gasteiger partial charge on any atom is -0.337 e. The first kappa shape index (κ1) is 16.0. The second kappa shape index (κ2) is 7.59. The second-order valence-corrected chi connectivity index (χ2v) is 5.81. The number of imidazole rings is 1. The number of nitrogens with zero attached hydrogens (tertiary/aromatic N) is 3. The van der Waals surface area contributed by atoms with Gasteiger partial charge in [-0.25, -0.2) is 4.98 Å². The first-order chi connectivity index (χ1) is 10.1. The van der Waals surface area contributed by atoms with E-state index in [0.717, 1.165) is 30.4 Å². The van der Waals surface area contributed by atoms with E-state index in [4.69, 9.17) is 11.6 Å². The summed E-state index contributed by atoms with van der Waals surface area (Å²) in [6.07, 6.45) is 4.86. The lowest BCUT2D eigenvalue weighted by Gasteiger charge is -2.21. The SMILES string of the molecule is CNC(CCN(C)Cc1nccn1C)c1ccc(Cl)cc1. The Balaban J connectivity index is 1.88. The van der Waals surface area contributed by atoms with Crippen molar-refractivity contribution in [2.45, 2.75) is 19.0 Å². The number of hydrogen-bond donors (Lipinski definition) is 1. The predicted molar refractivity (Wildman–Crippen MR) is 87.4 cm³/mol. The van der Waals surface area contributed by atoms with E-state index in [2.05, 4.69) is 38.9 Å². The highest BCUT2D eigenvalue weighted by atomic mass is 35.5. The third-order valence-corrected chi connectivity index (χ3v) is 4.00. The summed E-state index contributed by atoms with van der Waals surface area (Å²) in [4.78, 5) is 6.66. The van der Waals surface area contributed by atoms with Crippen LogP contribution in [0, 0.1) is 0 Å². The second-order valence-electron chi connectivity index (χ2n) is 5.37. The number of benzene rings is 1. The fourth-order valence-corrected chi connectivity index (χ4v) is 2.52. The molecule has 21 heavy (non-hydrogen) atoms. The zero-order chi connectivity index (χ0) is 15.2. The van der Waals surface area contributed by atoms with Gasteiger partial charge in [0.05, 0.1) is 6.54 Å². The molecule has 114 valence electrons. The molecule has 1 aromatic heterocycles. The first-order valence-electron chi connectivity index (χ1n) is 7.17. The van der Waals surface area contributed by atoms with Crippen molar-refractivity contribution in [1.29, 1.82) is 0 Å². The Morgan fingerprint density at radius 2 is 2.05 bits per heavy atom. The lowest BCUT2D eigenvalue weighted by atomic mass is 10.0. The third-order valence-electron chi connectivity index (χ3n) is 3.75. The van der Waals surface area contributed by atoms with Crippen LogP contribution in [0.25, 0.3) is 0 Å². The van der Waals surface area contributed by atoms with Gasteiger partial charge in [0.2, 0.25) is 0 Å². The molecular weight excluding hydrogens is 284 g/mol. The van der Waals surface area contributed by atoms with Gasteiger partial charge in [-0.05, 0) is 38.2 Å². The molecule has 0 aliphatic rings. The molecule has 0 fully saturated rings. The van der Waals surface area contributed by atoms with E-state index in [0.29, 0.717) is 6.04 Å². The van der Waals surface area contributed by atoms with E-state index in [9.17, 15) is 0 Å². The van der Waals surface area contributed by atoms with Gasteiger partial charge < -0.3 is 9.88 Å². The molecule has 1 aromatic carbocycles. The van der Waals surface area contributed by atoms with E-state index in [1.165, 1.54) is 5.56 Å². The van der Waals surface area contributed by atoms with Gasteiger partial charge in [0.15, 0.2) is 0 Å². The lowest BCUT2D eigenvalue weighted by Crippen LogP contribution is -2.26. The summed E-state index contributed by atoms with van der Waals surface area (Å²) in [5, 5.41) is 4.15. The molecule has 1 unspecified atom stereocenters. The first-order valence-corrected chi connectivity index (χ1v) is 7.55. The summed E-state index contributed by atoms with van der Waals surface area (Å²) < 4.78 is 2.06. The highest BCUT2D eigenvalue weighted by molar-refractivity contribution is 6.30. The van der Waals surface area contributed by atoms with Gasteiger partial charge in [0.25, 0.3) is 0 Å². The van der Waals surface area contributed by atoms with Crippen molar-refractivity contribution in [1.82, 2.24) is 19.8 Å². The molecule has 1 heterocycles. The predicted octanol–water partition coefficient (Wildman–Crippen LogP) is 2.86. The number of nitrogens with one attached hydrogen (secondary N) is 1. The highest BCUT2D eigenvalue weighted by Gasteiger charge is 2.11. The van der Waals surface area contributed by atoms with E-state index in [-0.39, 0.29) is 0 Å². The van der Waals surface area contributed by atoms with E-state index in [1.54, 1.807) is 0 Å². The molecule has 0 saturated heterocycles. The van der Waals surface area contributed by atoms with Gasteiger partial charge in [0.1, 0.15) is 5.82 Å². The molecule has 0 bridgehead atoms.